The van der Waals surface area contributed by atoms with Gasteiger partial charge in [0.15, 0.2) is 0 Å². The maximum atomic E-state index is 13.8. The van der Waals surface area contributed by atoms with Crippen LogP contribution >= 0.6 is 11.6 Å². The summed E-state index contributed by atoms with van der Waals surface area (Å²) >= 11 is 6.55. The normalized spacial score (nSPS) is 16.8. The Morgan fingerprint density at radius 1 is 0.853 bits per heavy atom. The number of fused-ring (bicyclic) bond motifs is 1. The Balaban J connectivity index is 1.55. The third-order valence-electron chi connectivity index (χ3n) is 7.43. The van der Waals surface area contributed by atoms with Crippen LogP contribution in [0.3, 0.4) is 0 Å². The van der Waals surface area contributed by atoms with Crippen molar-refractivity contribution >= 4 is 28.4 Å². The Morgan fingerprint density at radius 2 is 1.59 bits per heavy atom. The Hall–Kier alpha value is -2.62. The van der Waals surface area contributed by atoms with E-state index >= 15 is 0 Å². The standard InChI is InChI=1S/C30H32ClFN2/c1-20(2)33-15-17-34(18-16-33)24-10-7-22(8-11-24)30-27-6-4-5-21(3)25(27)13-14-28(30)26-12-9-23(32)19-29(26)31/h4-12,19-20H,13-18H2,1-3H3. The number of aryl methyl sites for hydroxylation is 1. The first-order valence-electron chi connectivity index (χ1n) is 12.3. The van der Waals surface area contributed by atoms with Crippen molar-refractivity contribution in [1.82, 2.24) is 4.90 Å². The Kier molecular flexibility index (Phi) is 6.50. The van der Waals surface area contributed by atoms with E-state index in [1.54, 1.807) is 0 Å². The monoisotopic (exact) mass is 474 g/mol. The minimum atomic E-state index is -0.301. The quantitative estimate of drug-likeness (QED) is 0.393. The number of allylic oxidation sites excluding steroid dienone is 1. The Morgan fingerprint density at radius 3 is 2.26 bits per heavy atom. The van der Waals surface area contributed by atoms with Crippen molar-refractivity contribution in [3.63, 3.8) is 0 Å². The molecule has 1 fully saturated rings. The summed E-state index contributed by atoms with van der Waals surface area (Å²) < 4.78 is 13.8. The summed E-state index contributed by atoms with van der Waals surface area (Å²) in [6.45, 7) is 11.0. The molecule has 0 aromatic heterocycles. The van der Waals surface area contributed by atoms with Crippen LogP contribution in [0.5, 0.6) is 0 Å². The van der Waals surface area contributed by atoms with Gasteiger partial charge in [0.2, 0.25) is 0 Å². The molecule has 0 atom stereocenters. The van der Waals surface area contributed by atoms with Crippen LogP contribution in [0.1, 0.15) is 48.1 Å². The first kappa shape index (κ1) is 23.1. The van der Waals surface area contributed by atoms with Crippen LogP contribution in [0.2, 0.25) is 5.02 Å². The summed E-state index contributed by atoms with van der Waals surface area (Å²) in [4.78, 5) is 5.02. The Bertz CT molecular complexity index is 1220. The molecule has 0 N–H and O–H groups in total. The highest BCUT2D eigenvalue weighted by Gasteiger charge is 2.24. The second kappa shape index (κ2) is 9.56. The second-order valence-corrected chi connectivity index (χ2v) is 10.1. The first-order chi connectivity index (χ1) is 16.4. The highest BCUT2D eigenvalue weighted by Crippen LogP contribution is 2.43. The Labute approximate surface area is 207 Å². The van der Waals surface area contributed by atoms with Crippen molar-refractivity contribution in [2.24, 2.45) is 0 Å². The lowest BCUT2D eigenvalue weighted by molar-refractivity contribution is 0.209. The van der Waals surface area contributed by atoms with E-state index in [4.69, 9.17) is 11.6 Å². The fraction of sp³-hybridized carbons (Fsp3) is 0.333. The maximum Gasteiger partial charge on any atom is 0.124 e. The van der Waals surface area contributed by atoms with E-state index in [2.05, 4.69) is 73.0 Å². The van der Waals surface area contributed by atoms with Gasteiger partial charge >= 0.3 is 0 Å². The molecule has 0 radical (unpaired) electrons. The van der Waals surface area contributed by atoms with E-state index in [9.17, 15) is 4.39 Å². The third kappa shape index (κ3) is 4.39. The van der Waals surface area contributed by atoms with Gasteiger partial charge in [0.25, 0.3) is 0 Å². The second-order valence-electron chi connectivity index (χ2n) is 9.74. The van der Waals surface area contributed by atoms with Crippen molar-refractivity contribution in [2.75, 3.05) is 31.1 Å². The molecule has 5 rings (SSSR count). The van der Waals surface area contributed by atoms with Crippen LogP contribution in [0.15, 0.2) is 60.7 Å². The van der Waals surface area contributed by atoms with Gasteiger partial charge < -0.3 is 4.90 Å². The molecule has 1 aliphatic heterocycles. The topological polar surface area (TPSA) is 6.48 Å². The first-order valence-corrected chi connectivity index (χ1v) is 12.7. The lowest BCUT2D eigenvalue weighted by Crippen LogP contribution is -2.48. The van der Waals surface area contributed by atoms with Crippen molar-refractivity contribution in [3.8, 4) is 0 Å². The summed E-state index contributed by atoms with van der Waals surface area (Å²) in [5.41, 5.74) is 9.78. The van der Waals surface area contributed by atoms with Crippen LogP contribution < -0.4 is 4.90 Å². The van der Waals surface area contributed by atoms with E-state index in [0.29, 0.717) is 11.1 Å². The fourth-order valence-corrected chi connectivity index (χ4v) is 5.76. The largest absolute Gasteiger partial charge is 0.369 e. The number of piperazine rings is 1. The number of rotatable bonds is 4. The summed E-state index contributed by atoms with van der Waals surface area (Å²) in [6, 6.07) is 20.9. The number of hydrogen-bond donors (Lipinski definition) is 0. The molecular formula is C30H32ClFN2. The van der Waals surface area contributed by atoms with E-state index < -0.39 is 0 Å². The average Bonchev–Trinajstić information content (AvgIpc) is 2.84. The highest BCUT2D eigenvalue weighted by atomic mass is 35.5. The molecule has 2 aliphatic rings. The van der Waals surface area contributed by atoms with E-state index in [-0.39, 0.29) is 5.82 Å². The molecule has 0 spiro atoms. The van der Waals surface area contributed by atoms with Gasteiger partial charge in [-0.2, -0.15) is 0 Å². The maximum absolute atomic E-state index is 13.8. The van der Waals surface area contributed by atoms with Crippen LogP contribution in [0.25, 0.3) is 11.1 Å². The SMILES string of the molecule is Cc1cccc2c1CCC(c1ccc(F)cc1Cl)=C2c1ccc(N2CCN(C(C)C)CC2)cc1. The molecule has 3 aromatic carbocycles. The summed E-state index contributed by atoms with van der Waals surface area (Å²) in [7, 11) is 0. The van der Waals surface area contributed by atoms with Gasteiger partial charge in [-0.15, -0.1) is 0 Å². The van der Waals surface area contributed by atoms with E-state index in [1.807, 2.05) is 6.07 Å². The van der Waals surface area contributed by atoms with Gasteiger partial charge in [-0.25, -0.2) is 4.39 Å². The van der Waals surface area contributed by atoms with Gasteiger partial charge in [0.1, 0.15) is 5.82 Å². The lowest BCUT2D eigenvalue weighted by atomic mass is 9.78. The molecule has 34 heavy (non-hydrogen) atoms. The van der Waals surface area contributed by atoms with Gasteiger partial charge in [0.05, 0.1) is 5.02 Å². The summed E-state index contributed by atoms with van der Waals surface area (Å²) in [5, 5.41) is 0.475. The third-order valence-corrected chi connectivity index (χ3v) is 7.74. The molecule has 2 nitrogen and oxygen atoms in total. The molecule has 0 amide bonds. The van der Waals surface area contributed by atoms with Crippen molar-refractivity contribution < 1.29 is 4.39 Å². The molecule has 1 heterocycles. The van der Waals surface area contributed by atoms with Gasteiger partial charge in [-0.05, 0) is 96.8 Å². The highest BCUT2D eigenvalue weighted by molar-refractivity contribution is 6.32. The fourth-order valence-electron chi connectivity index (χ4n) is 5.47. The summed E-state index contributed by atoms with van der Waals surface area (Å²) in [5.74, 6) is -0.301. The molecule has 4 heteroatoms. The molecule has 0 bridgehead atoms. The number of hydrogen-bond acceptors (Lipinski definition) is 2. The van der Waals surface area contributed by atoms with Crippen molar-refractivity contribution in [2.45, 2.75) is 39.7 Å². The molecule has 0 unspecified atom stereocenters. The predicted octanol–water partition coefficient (Wildman–Crippen LogP) is 7.22. The van der Waals surface area contributed by atoms with Crippen LogP contribution in [0.4, 0.5) is 10.1 Å². The predicted molar refractivity (Wildman–Crippen MR) is 142 cm³/mol. The smallest absolute Gasteiger partial charge is 0.124 e. The molecule has 0 saturated carbocycles. The molecular weight excluding hydrogens is 443 g/mol. The van der Waals surface area contributed by atoms with Crippen LogP contribution in [-0.2, 0) is 6.42 Å². The minimum absolute atomic E-state index is 0.301. The minimum Gasteiger partial charge on any atom is -0.369 e. The van der Waals surface area contributed by atoms with Crippen LogP contribution in [0, 0.1) is 12.7 Å². The number of anilines is 1. The van der Waals surface area contributed by atoms with Crippen molar-refractivity contribution in [3.05, 3.63) is 99.3 Å². The van der Waals surface area contributed by atoms with Gasteiger partial charge in [-0.3, -0.25) is 4.90 Å². The molecule has 1 aliphatic carbocycles. The molecule has 176 valence electrons. The average molecular weight is 475 g/mol. The number of benzene rings is 3. The van der Waals surface area contributed by atoms with E-state index in [0.717, 1.165) is 44.6 Å². The molecule has 1 saturated heterocycles. The molecule has 3 aromatic rings. The number of halogens is 2. The zero-order valence-electron chi connectivity index (χ0n) is 20.2. The van der Waals surface area contributed by atoms with Crippen LogP contribution in [-0.4, -0.2) is 37.1 Å². The zero-order chi connectivity index (χ0) is 23.8. The zero-order valence-corrected chi connectivity index (χ0v) is 21.0. The van der Waals surface area contributed by atoms with Gasteiger partial charge in [-0.1, -0.05) is 48.0 Å². The lowest BCUT2D eigenvalue weighted by Gasteiger charge is -2.38. The van der Waals surface area contributed by atoms with E-state index in [1.165, 1.54) is 51.2 Å². The van der Waals surface area contributed by atoms with Gasteiger partial charge in [0, 0.05) is 37.9 Å². The van der Waals surface area contributed by atoms with Crippen molar-refractivity contribution in [1.29, 1.82) is 0 Å². The summed E-state index contributed by atoms with van der Waals surface area (Å²) in [6.07, 6.45) is 1.85. The number of nitrogens with zero attached hydrogens (tertiary/aromatic N) is 2.